The zero-order valence-electron chi connectivity index (χ0n) is 31.7. The van der Waals surface area contributed by atoms with Gasteiger partial charge in [0.15, 0.2) is 17.5 Å². The van der Waals surface area contributed by atoms with E-state index in [1.165, 1.54) is 0 Å². The summed E-state index contributed by atoms with van der Waals surface area (Å²) < 4.78 is 0. The molecule has 0 amide bonds. The second-order valence-corrected chi connectivity index (χ2v) is 13.9. The van der Waals surface area contributed by atoms with Crippen LogP contribution in [0, 0.1) is 0 Å². The van der Waals surface area contributed by atoms with Crippen molar-refractivity contribution in [3.05, 3.63) is 223 Å². The molecule has 0 fully saturated rings. The summed E-state index contributed by atoms with van der Waals surface area (Å²) in [5, 5.41) is 7.39. The molecule has 0 atom stereocenters. The number of nitrogens with zero attached hydrogens (tertiary/aromatic N) is 3. The SMILES string of the molecule is C(=C/c1ccc(-c2ccccc2Nc2cccc(-c3nc(-c4ccccc4)nc(-c4cccc(-c5ccccc5)c4)n3)c2)cc1Nc1ccccc1)/c1ccccc1. The molecule has 0 aliphatic carbocycles. The summed E-state index contributed by atoms with van der Waals surface area (Å²) in [6, 6.07) is 72.7. The van der Waals surface area contributed by atoms with Crippen molar-refractivity contribution in [2.75, 3.05) is 10.6 Å². The Labute approximate surface area is 339 Å². The number of nitrogens with one attached hydrogen (secondary N) is 2. The van der Waals surface area contributed by atoms with E-state index in [1.807, 2.05) is 66.7 Å². The van der Waals surface area contributed by atoms with E-state index in [0.29, 0.717) is 17.5 Å². The fraction of sp³-hybridized carbons (Fsp3) is 0. The number of para-hydroxylation sites is 2. The van der Waals surface area contributed by atoms with Gasteiger partial charge in [0.2, 0.25) is 0 Å². The summed E-state index contributed by atoms with van der Waals surface area (Å²) in [6.07, 6.45) is 4.31. The van der Waals surface area contributed by atoms with Gasteiger partial charge in [0.25, 0.3) is 0 Å². The first kappa shape index (κ1) is 35.8. The van der Waals surface area contributed by atoms with Crippen molar-refractivity contribution in [1.29, 1.82) is 0 Å². The molecule has 276 valence electrons. The molecular formula is C53H39N5. The minimum Gasteiger partial charge on any atom is -0.355 e. The van der Waals surface area contributed by atoms with Crippen molar-refractivity contribution < 1.29 is 0 Å². The highest BCUT2D eigenvalue weighted by atomic mass is 15.0. The molecular weight excluding hydrogens is 707 g/mol. The van der Waals surface area contributed by atoms with Gasteiger partial charge in [-0.3, -0.25) is 0 Å². The largest absolute Gasteiger partial charge is 0.355 e. The van der Waals surface area contributed by atoms with Crippen LogP contribution in [0.15, 0.2) is 212 Å². The summed E-state index contributed by atoms with van der Waals surface area (Å²) in [5.74, 6) is 1.84. The maximum atomic E-state index is 5.07. The smallest absolute Gasteiger partial charge is 0.164 e. The van der Waals surface area contributed by atoms with Gasteiger partial charge in [0.1, 0.15) is 0 Å². The monoisotopic (exact) mass is 745 g/mol. The minimum atomic E-state index is 0.599. The second kappa shape index (κ2) is 16.9. The average molecular weight is 746 g/mol. The Balaban J connectivity index is 1.06. The van der Waals surface area contributed by atoms with Crippen molar-refractivity contribution >= 4 is 34.9 Å². The van der Waals surface area contributed by atoms with Gasteiger partial charge in [0.05, 0.1) is 0 Å². The highest BCUT2D eigenvalue weighted by Gasteiger charge is 2.15. The molecule has 58 heavy (non-hydrogen) atoms. The molecule has 0 aliphatic rings. The quantitative estimate of drug-likeness (QED) is 0.129. The Bertz CT molecular complexity index is 2820. The summed E-state index contributed by atoms with van der Waals surface area (Å²) in [7, 11) is 0. The number of anilines is 4. The number of hydrogen-bond donors (Lipinski definition) is 2. The predicted octanol–water partition coefficient (Wildman–Crippen LogP) is 13.9. The third-order valence-electron chi connectivity index (χ3n) is 9.89. The van der Waals surface area contributed by atoms with E-state index < -0.39 is 0 Å². The van der Waals surface area contributed by atoms with Gasteiger partial charge >= 0.3 is 0 Å². The fourth-order valence-corrected chi connectivity index (χ4v) is 6.96. The third-order valence-corrected chi connectivity index (χ3v) is 9.89. The molecule has 1 aromatic heterocycles. The summed E-state index contributed by atoms with van der Waals surface area (Å²) in [6.45, 7) is 0. The van der Waals surface area contributed by atoms with E-state index in [4.69, 9.17) is 15.0 Å². The normalized spacial score (nSPS) is 11.0. The number of hydrogen-bond acceptors (Lipinski definition) is 5. The van der Waals surface area contributed by atoms with E-state index in [2.05, 4.69) is 168 Å². The molecule has 5 heteroatoms. The van der Waals surface area contributed by atoms with Crippen LogP contribution in [0.3, 0.4) is 0 Å². The standard InChI is InChI=1S/C53H39N5/c1-5-17-38(18-6-1)31-32-40-33-34-43(37-50(40)54-46-26-11-4-12-27-46)48-29-13-14-30-49(48)55-47-28-16-25-45(36-47)53-57-51(41-21-9-3-10-22-41)56-52(58-53)44-24-15-23-42(35-44)39-19-7-2-8-20-39/h1-37,54-55H/b32-31-. The molecule has 0 aliphatic heterocycles. The number of rotatable bonds is 11. The van der Waals surface area contributed by atoms with Crippen molar-refractivity contribution in [2.24, 2.45) is 0 Å². The fourth-order valence-electron chi connectivity index (χ4n) is 6.96. The van der Waals surface area contributed by atoms with Crippen molar-refractivity contribution in [1.82, 2.24) is 15.0 Å². The van der Waals surface area contributed by atoms with Gasteiger partial charge in [0, 0.05) is 45.0 Å². The van der Waals surface area contributed by atoms with Gasteiger partial charge in [-0.05, 0) is 70.3 Å². The van der Waals surface area contributed by atoms with E-state index in [0.717, 1.165) is 72.8 Å². The van der Waals surface area contributed by atoms with Crippen LogP contribution in [0.5, 0.6) is 0 Å². The van der Waals surface area contributed by atoms with E-state index in [1.54, 1.807) is 0 Å². The van der Waals surface area contributed by atoms with Crippen LogP contribution >= 0.6 is 0 Å². The first-order chi connectivity index (χ1) is 28.7. The molecule has 0 bridgehead atoms. The Kier molecular flexibility index (Phi) is 10.4. The summed E-state index contributed by atoms with van der Waals surface area (Å²) in [5.41, 5.74) is 13.3. The Morgan fingerprint density at radius 2 is 0.828 bits per heavy atom. The highest BCUT2D eigenvalue weighted by molar-refractivity contribution is 5.87. The molecule has 9 rings (SSSR count). The lowest BCUT2D eigenvalue weighted by Gasteiger charge is -2.16. The van der Waals surface area contributed by atoms with Crippen LogP contribution in [0.1, 0.15) is 11.1 Å². The van der Waals surface area contributed by atoms with Crippen LogP contribution in [0.4, 0.5) is 22.7 Å². The maximum absolute atomic E-state index is 5.07. The van der Waals surface area contributed by atoms with Gasteiger partial charge in [-0.25, -0.2) is 15.0 Å². The van der Waals surface area contributed by atoms with Crippen molar-refractivity contribution in [3.63, 3.8) is 0 Å². The van der Waals surface area contributed by atoms with Crippen LogP contribution in [0.25, 0.3) is 68.6 Å². The first-order valence-corrected chi connectivity index (χ1v) is 19.4. The Morgan fingerprint density at radius 1 is 0.310 bits per heavy atom. The highest BCUT2D eigenvalue weighted by Crippen LogP contribution is 2.36. The molecule has 9 aromatic rings. The second-order valence-electron chi connectivity index (χ2n) is 13.9. The molecule has 0 unspecified atom stereocenters. The van der Waals surface area contributed by atoms with Gasteiger partial charge in [-0.15, -0.1) is 0 Å². The average Bonchev–Trinajstić information content (AvgIpc) is 3.30. The van der Waals surface area contributed by atoms with Crippen LogP contribution in [-0.2, 0) is 0 Å². The lowest BCUT2D eigenvalue weighted by Crippen LogP contribution is -2.01. The van der Waals surface area contributed by atoms with Crippen LogP contribution in [0.2, 0.25) is 0 Å². The molecule has 0 saturated heterocycles. The minimum absolute atomic E-state index is 0.599. The molecule has 8 aromatic carbocycles. The molecule has 0 spiro atoms. The topological polar surface area (TPSA) is 62.7 Å². The number of benzene rings is 8. The molecule has 2 N–H and O–H groups in total. The molecule has 0 radical (unpaired) electrons. The predicted molar refractivity (Wildman–Crippen MR) is 242 cm³/mol. The Morgan fingerprint density at radius 3 is 1.55 bits per heavy atom. The van der Waals surface area contributed by atoms with Gasteiger partial charge in [-0.2, -0.15) is 0 Å². The van der Waals surface area contributed by atoms with Crippen molar-refractivity contribution in [2.45, 2.75) is 0 Å². The van der Waals surface area contributed by atoms with Crippen LogP contribution in [-0.4, -0.2) is 15.0 Å². The molecule has 0 saturated carbocycles. The lowest BCUT2D eigenvalue weighted by molar-refractivity contribution is 1.07. The third kappa shape index (κ3) is 8.35. The van der Waals surface area contributed by atoms with Gasteiger partial charge in [-0.1, -0.05) is 182 Å². The van der Waals surface area contributed by atoms with Crippen molar-refractivity contribution in [3.8, 4) is 56.4 Å². The Hall–Kier alpha value is -7.89. The molecule has 5 nitrogen and oxygen atoms in total. The molecule has 1 heterocycles. The zero-order chi connectivity index (χ0) is 38.9. The number of aromatic nitrogens is 3. The summed E-state index contributed by atoms with van der Waals surface area (Å²) in [4.78, 5) is 15.1. The first-order valence-electron chi connectivity index (χ1n) is 19.4. The van der Waals surface area contributed by atoms with Crippen LogP contribution < -0.4 is 10.6 Å². The lowest BCUT2D eigenvalue weighted by atomic mass is 9.99. The maximum Gasteiger partial charge on any atom is 0.164 e. The van der Waals surface area contributed by atoms with Gasteiger partial charge < -0.3 is 10.6 Å². The van der Waals surface area contributed by atoms with E-state index >= 15 is 0 Å². The van der Waals surface area contributed by atoms with E-state index in [-0.39, 0.29) is 0 Å². The summed E-state index contributed by atoms with van der Waals surface area (Å²) >= 11 is 0. The van der Waals surface area contributed by atoms with E-state index in [9.17, 15) is 0 Å². The zero-order valence-corrected chi connectivity index (χ0v) is 31.7.